The molecule has 0 bridgehead atoms. The first-order valence-corrected chi connectivity index (χ1v) is 4.99. The minimum atomic E-state index is -1.56. The van der Waals surface area contributed by atoms with Crippen molar-refractivity contribution < 1.29 is 19.0 Å². The average molecular weight is 222 g/mol. The SMILES string of the molecule is CC(O)(c1ccco1)C(C)(O)c1ccco1. The molecule has 2 aromatic rings. The molecule has 2 unspecified atom stereocenters. The van der Waals surface area contributed by atoms with Crippen LogP contribution in [0, 0.1) is 0 Å². The Bertz CT molecular complexity index is 393. The number of aliphatic hydroxyl groups is 2. The highest BCUT2D eigenvalue weighted by molar-refractivity contribution is 5.21. The Morgan fingerprint density at radius 3 is 1.50 bits per heavy atom. The monoisotopic (exact) mass is 222 g/mol. The quantitative estimate of drug-likeness (QED) is 0.833. The summed E-state index contributed by atoms with van der Waals surface area (Å²) in [5.41, 5.74) is -3.12. The van der Waals surface area contributed by atoms with E-state index in [9.17, 15) is 10.2 Å². The van der Waals surface area contributed by atoms with Gasteiger partial charge in [0.25, 0.3) is 0 Å². The lowest BCUT2D eigenvalue weighted by Crippen LogP contribution is -2.44. The Hall–Kier alpha value is -1.52. The van der Waals surface area contributed by atoms with Crippen LogP contribution in [-0.4, -0.2) is 10.2 Å². The van der Waals surface area contributed by atoms with Gasteiger partial charge >= 0.3 is 0 Å². The zero-order valence-corrected chi connectivity index (χ0v) is 9.18. The van der Waals surface area contributed by atoms with Crippen LogP contribution in [0.15, 0.2) is 45.6 Å². The highest BCUT2D eigenvalue weighted by Gasteiger charge is 2.48. The zero-order valence-electron chi connectivity index (χ0n) is 9.18. The summed E-state index contributed by atoms with van der Waals surface area (Å²) in [4.78, 5) is 0. The standard InChI is InChI=1S/C12H14O4/c1-11(13,9-5-3-7-15-9)12(2,14)10-6-4-8-16-10/h3-8,13-14H,1-2H3. The Kier molecular flexibility index (Phi) is 2.40. The molecule has 0 aliphatic heterocycles. The van der Waals surface area contributed by atoms with E-state index in [4.69, 9.17) is 8.83 Å². The van der Waals surface area contributed by atoms with E-state index in [1.807, 2.05) is 0 Å². The van der Waals surface area contributed by atoms with Gasteiger partial charge in [0.2, 0.25) is 0 Å². The van der Waals surface area contributed by atoms with E-state index < -0.39 is 11.2 Å². The fraction of sp³-hybridized carbons (Fsp3) is 0.333. The third-order valence-electron chi connectivity index (χ3n) is 2.95. The zero-order chi connectivity index (χ0) is 11.8. The van der Waals surface area contributed by atoms with E-state index in [0.29, 0.717) is 0 Å². The summed E-state index contributed by atoms with van der Waals surface area (Å²) in [6, 6.07) is 6.53. The van der Waals surface area contributed by atoms with Crippen LogP contribution >= 0.6 is 0 Å². The molecular formula is C12H14O4. The molecule has 2 N–H and O–H groups in total. The molecule has 16 heavy (non-hydrogen) atoms. The van der Waals surface area contributed by atoms with Crippen molar-refractivity contribution in [3.8, 4) is 0 Å². The Morgan fingerprint density at radius 1 is 0.875 bits per heavy atom. The molecule has 0 spiro atoms. The first-order chi connectivity index (χ1) is 7.46. The third-order valence-corrected chi connectivity index (χ3v) is 2.95. The summed E-state index contributed by atoms with van der Waals surface area (Å²) >= 11 is 0. The van der Waals surface area contributed by atoms with E-state index >= 15 is 0 Å². The van der Waals surface area contributed by atoms with Crippen molar-refractivity contribution in [2.45, 2.75) is 25.0 Å². The fourth-order valence-corrected chi connectivity index (χ4v) is 1.59. The second kappa shape index (κ2) is 3.50. The van der Waals surface area contributed by atoms with E-state index in [1.54, 1.807) is 24.3 Å². The van der Waals surface area contributed by atoms with Gasteiger partial charge in [0.15, 0.2) is 11.2 Å². The summed E-state index contributed by atoms with van der Waals surface area (Å²) in [5, 5.41) is 20.7. The summed E-state index contributed by atoms with van der Waals surface area (Å²) < 4.78 is 10.3. The third kappa shape index (κ3) is 1.47. The molecule has 4 nitrogen and oxygen atoms in total. The van der Waals surface area contributed by atoms with Crippen LogP contribution in [0.4, 0.5) is 0 Å². The maximum Gasteiger partial charge on any atom is 0.155 e. The van der Waals surface area contributed by atoms with Crippen molar-refractivity contribution in [1.29, 1.82) is 0 Å². The molecule has 0 saturated carbocycles. The molecule has 4 heteroatoms. The van der Waals surface area contributed by atoms with Gasteiger partial charge in [-0.15, -0.1) is 0 Å². The molecule has 0 amide bonds. The average Bonchev–Trinajstić information content (AvgIpc) is 2.91. The van der Waals surface area contributed by atoms with E-state index in [2.05, 4.69) is 0 Å². The molecule has 2 rings (SSSR count). The molecule has 2 atom stereocenters. The van der Waals surface area contributed by atoms with Gasteiger partial charge in [0.1, 0.15) is 11.5 Å². The minimum Gasteiger partial charge on any atom is -0.466 e. The van der Waals surface area contributed by atoms with Gasteiger partial charge < -0.3 is 19.0 Å². The van der Waals surface area contributed by atoms with Crippen LogP contribution in [0.25, 0.3) is 0 Å². The lowest BCUT2D eigenvalue weighted by molar-refractivity contribution is -0.162. The maximum absolute atomic E-state index is 10.4. The van der Waals surface area contributed by atoms with Crippen LogP contribution in [0.2, 0.25) is 0 Å². The Morgan fingerprint density at radius 2 is 1.25 bits per heavy atom. The van der Waals surface area contributed by atoms with Gasteiger partial charge in [-0.2, -0.15) is 0 Å². The predicted octanol–water partition coefficient (Wildman–Crippen LogP) is 1.99. The van der Waals surface area contributed by atoms with Crippen LogP contribution in [-0.2, 0) is 11.2 Å². The van der Waals surface area contributed by atoms with Crippen LogP contribution in [0.5, 0.6) is 0 Å². The van der Waals surface area contributed by atoms with Gasteiger partial charge in [-0.05, 0) is 38.1 Å². The Balaban J connectivity index is 2.44. The first kappa shape index (κ1) is 11.0. The number of rotatable bonds is 3. The molecule has 0 saturated heterocycles. The minimum absolute atomic E-state index is 0.286. The van der Waals surface area contributed by atoms with Gasteiger partial charge in [-0.1, -0.05) is 0 Å². The van der Waals surface area contributed by atoms with Crippen LogP contribution in [0.1, 0.15) is 25.4 Å². The molecular weight excluding hydrogens is 208 g/mol. The molecule has 0 aromatic carbocycles. The molecule has 2 aromatic heterocycles. The molecule has 0 radical (unpaired) electrons. The highest BCUT2D eigenvalue weighted by atomic mass is 16.4. The lowest BCUT2D eigenvalue weighted by atomic mass is 9.82. The van der Waals surface area contributed by atoms with Crippen molar-refractivity contribution >= 4 is 0 Å². The summed E-state index contributed by atoms with van der Waals surface area (Å²) in [7, 11) is 0. The number of furan rings is 2. The van der Waals surface area contributed by atoms with Gasteiger partial charge in [-0.25, -0.2) is 0 Å². The van der Waals surface area contributed by atoms with E-state index in [-0.39, 0.29) is 11.5 Å². The van der Waals surface area contributed by atoms with Crippen molar-refractivity contribution in [3.63, 3.8) is 0 Å². The smallest absolute Gasteiger partial charge is 0.155 e. The Labute approximate surface area is 93.1 Å². The molecule has 0 aliphatic rings. The van der Waals surface area contributed by atoms with Crippen molar-refractivity contribution in [1.82, 2.24) is 0 Å². The summed E-state index contributed by atoms with van der Waals surface area (Å²) in [6.07, 6.45) is 2.89. The summed E-state index contributed by atoms with van der Waals surface area (Å²) in [5.74, 6) is 0.572. The maximum atomic E-state index is 10.4. The van der Waals surface area contributed by atoms with Crippen LogP contribution < -0.4 is 0 Å². The number of hydrogen-bond donors (Lipinski definition) is 2. The predicted molar refractivity (Wildman–Crippen MR) is 56.6 cm³/mol. The van der Waals surface area contributed by atoms with E-state index in [0.717, 1.165) is 0 Å². The van der Waals surface area contributed by atoms with E-state index in [1.165, 1.54) is 26.4 Å². The second-order valence-corrected chi connectivity index (χ2v) is 4.10. The van der Waals surface area contributed by atoms with Crippen molar-refractivity contribution in [2.75, 3.05) is 0 Å². The van der Waals surface area contributed by atoms with Crippen molar-refractivity contribution in [2.24, 2.45) is 0 Å². The molecule has 0 fully saturated rings. The number of hydrogen-bond acceptors (Lipinski definition) is 4. The molecule has 86 valence electrons. The molecule has 0 aliphatic carbocycles. The largest absolute Gasteiger partial charge is 0.466 e. The highest BCUT2D eigenvalue weighted by Crippen LogP contribution is 2.40. The summed E-state index contributed by atoms with van der Waals surface area (Å²) in [6.45, 7) is 2.96. The normalized spacial score (nSPS) is 19.0. The topological polar surface area (TPSA) is 66.7 Å². The molecule has 2 heterocycles. The first-order valence-electron chi connectivity index (χ1n) is 4.99. The van der Waals surface area contributed by atoms with Gasteiger partial charge in [0, 0.05) is 0 Å². The van der Waals surface area contributed by atoms with Crippen molar-refractivity contribution in [3.05, 3.63) is 48.3 Å². The van der Waals surface area contributed by atoms with Crippen LogP contribution in [0.3, 0.4) is 0 Å². The lowest BCUT2D eigenvalue weighted by Gasteiger charge is -2.35. The second-order valence-electron chi connectivity index (χ2n) is 4.10. The van der Waals surface area contributed by atoms with Gasteiger partial charge in [0.05, 0.1) is 12.5 Å². The van der Waals surface area contributed by atoms with Gasteiger partial charge in [-0.3, -0.25) is 0 Å². The fourth-order valence-electron chi connectivity index (χ4n) is 1.59.